The van der Waals surface area contributed by atoms with Gasteiger partial charge >= 0.3 is 5.97 Å². The standard InChI is InChI=1S/C10H16O2/c1-5-8-10(4,6-2)9(11)12-7-3/h6-7H2,1-4H3. The van der Waals surface area contributed by atoms with Crippen molar-refractivity contribution in [3.63, 3.8) is 0 Å². The van der Waals surface area contributed by atoms with Crippen LogP contribution in [-0.4, -0.2) is 12.6 Å². The second kappa shape index (κ2) is 4.82. The van der Waals surface area contributed by atoms with E-state index in [0.29, 0.717) is 13.0 Å². The van der Waals surface area contributed by atoms with E-state index in [1.807, 2.05) is 13.8 Å². The van der Waals surface area contributed by atoms with E-state index in [2.05, 4.69) is 11.8 Å². The van der Waals surface area contributed by atoms with Crippen molar-refractivity contribution in [1.29, 1.82) is 0 Å². The second-order valence-corrected chi connectivity index (χ2v) is 2.78. The Labute approximate surface area is 74.3 Å². The van der Waals surface area contributed by atoms with Crippen LogP contribution in [0.3, 0.4) is 0 Å². The average Bonchev–Trinajstić information content (AvgIpc) is 2.05. The first-order valence-electron chi connectivity index (χ1n) is 4.21. The summed E-state index contributed by atoms with van der Waals surface area (Å²) in [5.74, 6) is 5.40. The van der Waals surface area contributed by atoms with Gasteiger partial charge in [-0.25, -0.2) is 0 Å². The van der Waals surface area contributed by atoms with E-state index in [4.69, 9.17) is 4.74 Å². The zero-order valence-electron chi connectivity index (χ0n) is 8.23. The molecule has 68 valence electrons. The molecule has 0 aliphatic carbocycles. The molecule has 0 fully saturated rings. The predicted octanol–water partition coefficient (Wildman–Crippen LogP) is 1.99. The Bertz CT molecular complexity index is 210. The van der Waals surface area contributed by atoms with Crippen molar-refractivity contribution in [2.75, 3.05) is 6.61 Å². The Morgan fingerprint density at radius 2 is 2.08 bits per heavy atom. The normalized spacial score (nSPS) is 14.0. The molecular formula is C10H16O2. The summed E-state index contributed by atoms with van der Waals surface area (Å²) >= 11 is 0. The summed E-state index contributed by atoms with van der Waals surface area (Å²) < 4.78 is 4.91. The van der Waals surface area contributed by atoms with Crippen molar-refractivity contribution in [1.82, 2.24) is 0 Å². The Hall–Kier alpha value is -0.970. The summed E-state index contributed by atoms with van der Waals surface area (Å²) in [6.07, 6.45) is 0.687. The van der Waals surface area contributed by atoms with E-state index in [9.17, 15) is 4.79 Å². The maximum atomic E-state index is 11.4. The van der Waals surface area contributed by atoms with Gasteiger partial charge in [0.15, 0.2) is 0 Å². The van der Waals surface area contributed by atoms with Crippen LogP contribution < -0.4 is 0 Å². The third kappa shape index (κ3) is 2.58. The minimum atomic E-state index is -0.620. The number of ether oxygens (including phenoxy) is 1. The van der Waals surface area contributed by atoms with Crippen LogP contribution in [-0.2, 0) is 9.53 Å². The first-order valence-corrected chi connectivity index (χ1v) is 4.21. The van der Waals surface area contributed by atoms with Crippen molar-refractivity contribution >= 4 is 5.97 Å². The van der Waals surface area contributed by atoms with Crippen LogP contribution in [0.15, 0.2) is 0 Å². The minimum absolute atomic E-state index is 0.221. The van der Waals surface area contributed by atoms with Gasteiger partial charge in [0.2, 0.25) is 0 Å². The molecule has 0 aliphatic heterocycles. The zero-order valence-corrected chi connectivity index (χ0v) is 8.23. The lowest BCUT2D eigenvalue weighted by Gasteiger charge is -2.18. The molecule has 0 saturated carbocycles. The van der Waals surface area contributed by atoms with Gasteiger partial charge in [-0.05, 0) is 27.2 Å². The molecule has 0 aromatic heterocycles. The third-order valence-corrected chi connectivity index (χ3v) is 1.83. The van der Waals surface area contributed by atoms with Crippen LogP contribution >= 0.6 is 0 Å². The molecule has 0 aliphatic rings. The Morgan fingerprint density at radius 1 is 1.50 bits per heavy atom. The van der Waals surface area contributed by atoms with Crippen LogP contribution in [0, 0.1) is 17.3 Å². The quantitative estimate of drug-likeness (QED) is 0.476. The van der Waals surface area contributed by atoms with Gasteiger partial charge in [-0.2, -0.15) is 0 Å². The molecule has 1 unspecified atom stereocenters. The van der Waals surface area contributed by atoms with Crippen LogP contribution in [0.25, 0.3) is 0 Å². The van der Waals surface area contributed by atoms with Crippen LogP contribution in [0.5, 0.6) is 0 Å². The molecule has 0 N–H and O–H groups in total. The number of hydrogen-bond donors (Lipinski definition) is 0. The van der Waals surface area contributed by atoms with Crippen molar-refractivity contribution < 1.29 is 9.53 Å². The fourth-order valence-electron chi connectivity index (χ4n) is 0.850. The van der Waals surface area contributed by atoms with E-state index in [1.54, 1.807) is 13.8 Å². The van der Waals surface area contributed by atoms with Gasteiger partial charge < -0.3 is 4.74 Å². The van der Waals surface area contributed by atoms with Gasteiger partial charge in [0.05, 0.1) is 6.61 Å². The molecule has 0 heterocycles. The largest absolute Gasteiger partial charge is 0.465 e. The number of hydrogen-bond acceptors (Lipinski definition) is 2. The van der Waals surface area contributed by atoms with Crippen LogP contribution in [0.4, 0.5) is 0 Å². The second-order valence-electron chi connectivity index (χ2n) is 2.78. The predicted molar refractivity (Wildman–Crippen MR) is 48.5 cm³/mol. The average molecular weight is 168 g/mol. The summed E-state index contributed by atoms with van der Waals surface area (Å²) in [4.78, 5) is 11.4. The Morgan fingerprint density at radius 3 is 2.42 bits per heavy atom. The van der Waals surface area contributed by atoms with Crippen molar-refractivity contribution in [3.05, 3.63) is 0 Å². The van der Waals surface area contributed by atoms with Gasteiger partial charge in [-0.15, -0.1) is 5.92 Å². The number of carbonyl (C=O) groups excluding carboxylic acids is 1. The van der Waals surface area contributed by atoms with E-state index in [1.165, 1.54) is 0 Å². The highest BCUT2D eigenvalue weighted by Crippen LogP contribution is 2.21. The molecule has 0 aromatic carbocycles. The zero-order chi connectivity index (χ0) is 9.61. The van der Waals surface area contributed by atoms with Crippen molar-refractivity contribution in [2.24, 2.45) is 5.41 Å². The highest BCUT2D eigenvalue weighted by atomic mass is 16.5. The molecule has 0 rings (SSSR count). The highest BCUT2D eigenvalue weighted by Gasteiger charge is 2.30. The fraction of sp³-hybridized carbons (Fsp3) is 0.700. The van der Waals surface area contributed by atoms with E-state index < -0.39 is 5.41 Å². The first kappa shape index (κ1) is 11.0. The van der Waals surface area contributed by atoms with Gasteiger partial charge in [-0.1, -0.05) is 12.8 Å². The molecule has 2 nitrogen and oxygen atoms in total. The molecule has 0 aromatic rings. The van der Waals surface area contributed by atoms with Gasteiger partial charge in [0, 0.05) is 0 Å². The number of esters is 1. The first-order chi connectivity index (χ1) is 5.60. The van der Waals surface area contributed by atoms with Crippen LogP contribution in [0.1, 0.15) is 34.1 Å². The molecule has 0 amide bonds. The van der Waals surface area contributed by atoms with E-state index in [-0.39, 0.29) is 5.97 Å². The topological polar surface area (TPSA) is 26.3 Å². The summed E-state index contributed by atoms with van der Waals surface area (Å²) in [6.45, 7) is 7.68. The monoisotopic (exact) mass is 168 g/mol. The lowest BCUT2D eigenvalue weighted by Crippen LogP contribution is -2.27. The van der Waals surface area contributed by atoms with Crippen molar-refractivity contribution in [3.8, 4) is 11.8 Å². The summed E-state index contributed by atoms with van der Waals surface area (Å²) in [5.41, 5.74) is -0.620. The van der Waals surface area contributed by atoms with Gasteiger partial charge in [-0.3, -0.25) is 4.79 Å². The van der Waals surface area contributed by atoms with Gasteiger partial charge in [0.1, 0.15) is 5.41 Å². The van der Waals surface area contributed by atoms with E-state index in [0.717, 1.165) is 0 Å². The smallest absolute Gasteiger partial charge is 0.323 e. The molecule has 1 atom stereocenters. The molecule has 2 heteroatoms. The van der Waals surface area contributed by atoms with Crippen molar-refractivity contribution in [2.45, 2.75) is 34.1 Å². The molecule has 12 heavy (non-hydrogen) atoms. The summed E-state index contributed by atoms with van der Waals surface area (Å²) in [6, 6.07) is 0. The number of carbonyl (C=O) groups is 1. The summed E-state index contributed by atoms with van der Waals surface area (Å²) in [5, 5.41) is 0. The summed E-state index contributed by atoms with van der Waals surface area (Å²) in [7, 11) is 0. The lowest BCUT2D eigenvalue weighted by molar-refractivity contribution is -0.151. The number of rotatable bonds is 3. The molecule has 0 spiro atoms. The highest BCUT2D eigenvalue weighted by molar-refractivity contribution is 5.80. The Kier molecular flexibility index (Phi) is 4.43. The van der Waals surface area contributed by atoms with Gasteiger partial charge in [0.25, 0.3) is 0 Å². The molecule has 0 saturated heterocycles. The minimum Gasteiger partial charge on any atom is -0.465 e. The van der Waals surface area contributed by atoms with Crippen LogP contribution in [0.2, 0.25) is 0 Å². The molecule has 0 bridgehead atoms. The lowest BCUT2D eigenvalue weighted by atomic mass is 9.88. The maximum Gasteiger partial charge on any atom is 0.323 e. The van der Waals surface area contributed by atoms with E-state index >= 15 is 0 Å². The maximum absolute atomic E-state index is 11.4. The fourth-order valence-corrected chi connectivity index (χ4v) is 0.850. The third-order valence-electron chi connectivity index (χ3n) is 1.83. The molecule has 0 radical (unpaired) electrons. The molecular weight excluding hydrogens is 152 g/mol. The SMILES string of the molecule is CC#CC(C)(CC)C(=O)OCC. The Balaban J connectivity index is 4.47.